The number of aromatic amines is 1. The number of aromatic nitrogens is 3. The Morgan fingerprint density at radius 1 is 0.857 bits per heavy atom. The van der Waals surface area contributed by atoms with Gasteiger partial charge in [0.05, 0.1) is 16.4 Å². The maximum atomic E-state index is 6.52. The zero-order chi connectivity index (χ0) is 19.8. The van der Waals surface area contributed by atoms with Crippen LogP contribution in [0.2, 0.25) is 10.0 Å². The van der Waals surface area contributed by atoms with E-state index in [1.165, 1.54) is 16.7 Å². The average molecular weight is 408 g/mol. The third-order valence-electron chi connectivity index (χ3n) is 4.77. The van der Waals surface area contributed by atoms with Gasteiger partial charge in [0.15, 0.2) is 0 Å². The fourth-order valence-electron chi connectivity index (χ4n) is 3.65. The molecule has 0 unspecified atom stereocenters. The van der Waals surface area contributed by atoms with Gasteiger partial charge in [-0.05, 0) is 62.2 Å². The van der Waals surface area contributed by atoms with Crippen molar-refractivity contribution in [3.05, 3.63) is 81.6 Å². The van der Waals surface area contributed by atoms with Crippen molar-refractivity contribution in [1.82, 2.24) is 15.0 Å². The van der Waals surface area contributed by atoms with E-state index in [2.05, 4.69) is 42.9 Å². The van der Waals surface area contributed by atoms with Crippen molar-refractivity contribution in [3.63, 3.8) is 0 Å². The van der Waals surface area contributed by atoms with Gasteiger partial charge in [0.1, 0.15) is 5.82 Å². The largest absolute Gasteiger partial charge is 0.337 e. The first kappa shape index (κ1) is 18.7. The van der Waals surface area contributed by atoms with Crippen LogP contribution >= 0.6 is 23.2 Å². The number of halogens is 2. The van der Waals surface area contributed by atoms with Crippen LogP contribution in [0, 0.1) is 20.8 Å². The standard InChI is InChI=1S/C23H19Cl2N3/c1-13-10-14(2)20(15(3)11-13)23-27-21(16-6-8-26-9-7-16)22(28-23)18-5-4-17(24)12-19(18)25/h4-12H,1-3H3,(H,27,28). The summed E-state index contributed by atoms with van der Waals surface area (Å²) in [7, 11) is 0. The summed E-state index contributed by atoms with van der Waals surface area (Å²) < 4.78 is 0. The number of hydrogen-bond acceptors (Lipinski definition) is 2. The second-order valence-electron chi connectivity index (χ2n) is 6.94. The Bertz CT molecular complexity index is 1140. The molecular weight excluding hydrogens is 389 g/mol. The second kappa shape index (κ2) is 7.42. The Hall–Kier alpha value is -2.62. The summed E-state index contributed by atoms with van der Waals surface area (Å²) in [5, 5.41) is 1.18. The topological polar surface area (TPSA) is 41.6 Å². The van der Waals surface area contributed by atoms with Crippen LogP contribution in [0.3, 0.4) is 0 Å². The van der Waals surface area contributed by atoms with Gasteiger partial charge in [0, 0.05) is 34.1 Å². The van der Waals surface area contributed by atoms with Crippen molar-refractivity contribution in [2.75, 3.05) is 0 Å². The van der Waals surface area contributed by atoms with Gasteiger partial charge in [-0.25, -0.2) is 4.98 Å². The summed E-state index contributed by atoms with van der Waals surface area (Å²) in [4.78, 5) is 12.6. The van der Waals surface area contributed by atoms with Gasteiger partial charge in [0.25, 0.3) is 0 Å². The fourth-order valence-corrected chi connectivity index (χ4v) is 4.15. The molecule has 5 heteroatoms. The third kappa shape index (κ3) is 3.44. The third-order valence-corrected chi connectivity index (χ3v) is 5.32. The van der Waals surface area contributed by atoms with Crippen LogP contribution in [0.15, 0.2) is 54.9 Å². The second-order valence-corrected chi connectivity index (χ2v) is 7.79. The maximum Gasteiger partial charge on any atom is 0.139 e. The van der Waals surface area contributed by atoms with Crippen LogP contribution in [0.25, 0.3) is 33.9 Å². The van der Waals surface area contributed by atoms with E-state index < -0.39 is 0 Å². The molecule has 0 aliphatic carbocycles. The zero-order valence-corrected chi connectivity index (χ0v) is 17.4. The minimum absolute atomic E-state index is 0.579. The Labute approximate surface area is 174 Å². The molecule has 4 rings (SSSR count). The van der Waals surface area contributed by atoms with E-state index in [4.69, 9.17) is 28.2 Å². The molecule has 0 fully saturated rings. The molecule has 0 atom stereocenters. The van der Waals surface area contributed by atoms with Crippen LogP contribution in [-0.2, 0) is 0 Å². The summed E-state index contributed by atoms with van der Waals surface area (Å²) in [6.45, 7) is 6.32. The van der Waals surface area contributed by atoms with Gasteiger partial charge in [-0.3, -0.25) is 4.98 Å². The molecule has 0 spiro atoms. The number of aryl methyl sites for hydroxylation is 3. The molecule has 0 bridgehead atoms. The van der Waals surface area contributed by atoms with Gasteiger partial charge in [-0.15, -0.1) is 0 Å². The highest BCUT2D eigenvalue weighted by atomic mass is 35.5. The lowest BCUT2D eigenvalue weighted by molar-refractivity contribution is 1.24. The van der Waals surface area contributed by atoms with E-state index in [9.17, 15) is 0 Å². The smallest absolute Gasteiger partial charge is 0.139 e. The SMILES string of the molecule is Cc1cc(C)c(-c2nc(-c3ccncc3)c(-c3ccc(Cl)cc3Cl)[nH]2)c(C)c1. The number of hydrogen-bond donors (Lipinski definition) is 1. The summed E-state index contributed by atoms with van der Waals surface area (Å²) in [6.07, 6.45) is 3.53. The van der Waals surface area contributed by atoms with Gasteiger partial charge in [-0.2, -0.15) is 0 Å². The molecular formula is C23H19Cl2N3. The van der Waals surface area contributed by atoms with Crippen molar-refractivity contribution in [1.29, 1.82) is 0 Å². The van der Waals surface area contributed by atoms with Gasteiger partial charge >= 0.3 is 0 Å². The number of H-pyrrole nitrogens is 1. The number of benzene rings is 2. The molecule has 1 N–H and O–H groups in total. The summed E-state index contributed by atoms with van der Waals surface area (Å²) in [5.74, 6) is 0.822. The zero-order valence-electron chi connectivity index (χ0n) is 15.8. The van der Waals surface area contributed by atoms with Gasteiger partial charge in [0.2, 0.25) is 0 Å². The van der Waals surface area contributed by atoms with Crippen LogP contribution < -0.4 is 0 Å². The summed E-state index contributed by atoms with van der Waals surface area (Å²) in [5.41, 5.74) is 8.24. The number of pyridine rings is 1. The van der Waals surface area contributed by atoms with Crippen molar-refractivity contribution < 1.29 is 0 Å². The highest BCUT2D eigenvalue weighted by Crippen LogP contribution is 2.38. The Balaban J connectivity index is 1.98. The first-order valence-electron chi connectivity index (χ1n) is 8.98. The monoisotopic (exact) mass is 407 g/mol. The van der Waals surface area contributed by atoms with Crippen molar-refractivity contribution in [2.24, 2.45) is 0 Å². The van der Waals surface area contributed by atoms with E-state index in [0.717, 1.165) is 33.9 Å². The number of rotatable bonds is 3. The highest BCUT2D eigenvalue weighted by Gasteiger charge is 2.19. The Morgan fingerprint density at radius 2 is 1.54 bits per heavy atom. The minimum atomic E-state index is 0.579. The Kier molecular flexibility index (Phi) is 4.96. The highest BCUT2D eigenvalue weighted by molar-refractivity contribution is 6.36. The first-order valence-corrected chi connectivity index (χ1v) is 9.73. The predicted molar refractivity (Wildman–Crippen MR) is 117 cm³/mol. The molecule has 2 heterocycles. The maximum absolute atomic E-state index is 6.52. The summed E-state index contributed by atoms with van der Waals surface area (Å²) >= 11 is 12.6. The lowest BCUT2D eigenvalue weighted by atomic mass is 9.99. The van der Waals surface area contributed by atoms with Crippen molar-refractivity contribution >= 4 is 23.2 Å². The van der Waals surface area contributed by atoms with E-state index in [1.807, 2.05) is 24.3 Å². The fraction of sp³-hybridized carbons (Fsp3) is 0.130. The molecule has 0 radical (unpaired) electrons. The summed E-state index contributed by atoms with van der Waals surface area (Å²) in [6, 6.07) is 13.7. The number of imidazole rings is 1. The number of nitrogens with one attached hydrogen (secondary N) is 1. The van der Waals surface area contributed by atoms with Crippen LogP contribution in [0.5, 0.6) is 0 Å². The molecule has 0 saturated heterocycles. The predicted octanol–water partition coefficient (Wildman–Crippen LogP) is 7.04. The van der Waals surface area contributed by atoms with Crippen LogP contribution in [0.4, 0.5) is 0 Å². The lowest BCUT2D eigenvalue weighted by Crippen LogP contribution is -1.92. The molecule has 140 valence electrons. The number of nitrogens with zero attached hydrogens (tertiary/aromatic N) is 2. The van der Waals surface area contributed by atoms with Crippen molar-refractivity contribution in [3.8, 4) is 33.9 Å². The Morgan fingerprint density at radius 3 is 2.18 bits per heavy atom. The van der Waals surface area contributed by atoms with E-state index in [0.29, 0.717) is 10.0 Å². The van der Waals surface area contributed by atoms with Gasteiger partial charge < -0.3 is 4.98 Å². The molecule has 0 amide bonds. The van der Waals surface area contributed by atoms with E-state index in [1.54, 1.807) is 18.5 Å². The van der Waals surface area contributed by atoms with Gasteiger partial charge in [-0.1, -0.05) is 40.9 Å². The molecule has 0 saturated carbocycles. The molecule has 0 aliphatic rings. The van der Waals surface area contributed by atoms with Crippen LogP contribution in [0.1, 0.15) is 16.7 Å². The first-order chi connectivity index (χ1) is 13.4. The molecule has 2 aromatic heterocycles. The average Bonchev–Trinajstić information content (AvgIpc) is 3.06. The molecule has 2 aromatic carbocycles. The van der Waals surface area contributed by atoms with E-state index >= 15 is 0 Å². The molecule has 3 nitrogen and oxygen atoms in total. The molecule has 28 heavy (non-hydrogen) atoms. The van der Waals surface area contributed by atoms with E-state index in [-0.39, 0.29) is 0 Å². The van der Waals surface area contributed by atoms with Crippen molar-refractivity contribution in [2.45, 2.75) is 20.8 Å². The molecule has 4 aromatic rings. The minimum Gasteiger partial charge on any atom is -0.337 e. The molecule has 0 aliphatic heterocycles. The quantitative estimate of drug-likeness (QED) is 0.395. The lowest BCUT2D eigenvalue weighted by Gasteiger charge is -2.09. The normalized spacial score (nSPS) is 11.0. The van der Waals surface area contributed by atoms with Crippen LogP contribution in [-0.4, -0.2) is 15.0 Å².